The molecule has 0 bridgehead atoms. The lowest BCUT2D eigenvalue weighted by molar-refractivity contribution is -0.145. The number of hydrogen-bond donors (Lipinski definition) is 1. The molecular formula is C22H27F3N8O. The van der Waals surface area contributed by atoms with Crippen molar-refractivity contribution in [1.82, 2.24) is 39.7 Å². The summed E-state index contributed by atoms with van der Waals surface area (Å²) in [5.74, 6) is 2.07. The molecule has 0 unspecified atom stereocenters. The monoisotopic (exact) mass is 476 g/mol. The molecule has 5 fully saturated rings. The Morgan fingerprint density at radius 3 is 2.29 bits per heavy atom. The fourth-order valence-corrected chi connectivity index (χ4v) is 6.73. The molecule has 3 aliphatic carbocycles. The minimum Gasteiger partial charge on any atom is -0.323 e. The maximum Gasteiger partial charge on any atom is 0.453 e. The number of rotatable bonds is 4. The van der Waals surface area contributed by atoms with Gasteiger partial charge in [-0.05, 0) is 44.4 Å². The van der Waals surface area contributed by atoms with Crippen LogP contribution in [0.15, 0.2) is 6.33 Å². The summed E-state index contributed by atoms with van der Waals surface area (Å²) < 4.78 is 39.5. The molecule has 0 radical (unpaired) electrons. The van der Waals surface area contributed by atoms with Crippen molar-refractivity contribution in [3.05, 3.63) is 23.8 Å². The van der Waals surface area contributed by atoms with Gasteiger partial charge in [-0.3, -0.25) is 5.10 Å². The minimum absolute atomic E-state index is 0.0329. The predicted octanol–water partition coefficient (Wildman–Crippen LogP) is 3.00. The first-order chi connectivity index (χ1) is 16.2. The molecule has 2 spiro atoms. The number of urea groups is 1. The van der Waals surface area contributed by atoms with E-state index in [2.05, 4.69) is 25.3 Å². The van der Waals surface area contributed by atoms with Crippen molar-refractivity contribution < 1.29 is 18.0 Å². The van der Waals surface area contributed by atoms with Gasteiger partial charge in [0.2, 0.25) is 0 Å². The summed E-state index contributed by atoms with van der Waals surface area (Å²) >= 11 is 0. The molecule has 2 aromatic rings. The van der Waals surface area contributed by atoms with Gasteiger partial charge in [0.1, 0.15) is 12.2 Å². The van der Waals surface area contributed by atoms with Crippen molar-refractivity contribution in [3.8, 4) is 0 Å². The van der Waals surface area contributed by atoms with Gasteiger partial charge in [-0.15, -0.1) is 5.10 Å². The lowest BCUT2D eigenvalue weighted by atomic mass is 9.57. The van der Waals surface area contributed by atoms with Crippen LogP contribution in [0.4, 0.5) is 18.0 Å². The Kier molecular flexibility index (Phi) is 4.09. The predicted molar refractivity (Wildman–Crippen MR) is 111 cm³/mol. The van der Waals surface area contributed by atoms with Gasteiger partial charge in [0.15, 0.2) is 5.82 Å². The van der Waals surface area contributed by atoms with Gasteiger partial charge in [0.25, 0.3) is 5.82 Å². The third-order valence-corrected chi connectivity index (χ3v) is 8.54. The van der Waals surface area contributed by atoms with Crippen molar-refractivity contribution >= 4 is 6.03 Å². The van der Waals surface area contributed by atoms with Crippen molar-refractivity contribution in [2.75, 3.05) is 26.2 Å². The molecule has 3 saturated carbocycles. The molecule has 0 atom stereocenters. The zero-order chi connectivity index (χ0) is 23.3. The van der Waals surface area contributed by atoms with E-state index < -0.39 is 12.0 Å². The van der Waals surface area contributed by atoms with Crippen molar-refractivity contribution in [1.29, 1.82) is 0 Å². The lowest BCUT2D eigenvalue weighted by Crippen LogP contribution is -2.71. The second-order valence-electron chi connectivity index (χ2n) is 11.5. The molecule has 2 saturated heterocycles. The molecule has 5 aliphatic rings. The zero-order valence-electron chi connectivity index (χ0n) is 18.8. The number of H-pyrrole nitrogens is 1. The van der Waals surface area contributed by atoms with Gasteiger partial charge in [-0.2, -0.15) is 18.3 Å². The van der Waals surface area contributed by atoms with Gasteiger partial charge in [-0.25, -0.2) is 19.4 Å². The molecule has 7 rings (SSSR count). The highest BCUT2D eigenvalue weighted by atomic mass is 19.4. The van der Waals surface area contributed by atoms with E-state index in [1.807, 2.05) is 9.80 Å². The van der Waals surface area contributed by atoms with E-state index in [9.17, 15) is 18.0 Å². The molecule has 1 N–H and O–H groups in total. The van der Waals surface area contributed by atoms with Gasteiger partial charge < -0.3 is 9.80 Å². The SMILES string of the molecule is O=C(N1CC2(CC(Cc3nc(C4CC4)n[nH]3)C2)C1)N1CC2(CC(n3cnc(C(F)(F)F)n3)C2)C1. The molecule has 4 heterocycles. The first-order valence-corrected chi connectivity index (χ1v) is 12.1. The van der Waals surface area contributed by atoms with Crippen LogP contribution in [-0.2, 0) is 12.6 Å². The second kappa shape index (κ2) is 6.72. The van der Waals surface area contributed by atoms with E-state index in [1.165, 1.54) is 23.9 Å². The molecule has 2 aromatic heterocycles. The van der Waals surface area contributed by atoms with Crippen LogP contribution in [0.2, 0.25) is 0 Å². The third-order valence-electron chi connectivity index (χ3n) is 8.54. The maximum atomic E-state index is 12.8. The second-order valence-corrected chi connectivity index (χ2v) is 11.5. The number of alkyl halides is 3. The molecule has 12 heteroatoms. The molecule has 2 amide bonds. The van der Waals surface area contributed by atoms with E-state index in [1.54, 1.807) is 0 Å². The van der Waals surface area contributed by atoms with Crippen LogP contribution in [0, 0.1) is 16.7 Å². The van der Waals surface area contributed by atoms with Crippen molar-refractivity contribution in [2.24, 2.45) is 16.7 Å². The highest BCUT2D eigenvalue weighted by molar-refractivity contribution is 5.77. The van der Waals surface area contributed by atoms with Crippen LogP contribution in [0.25, 0.3) is 0 Å². The summed E-state index contributed by atoms with van der Waals surface area (Å²) in [6, 6.07) is 0.0392. The smallest absolute Gasteiger partial charge is 0.323 e. The minimum atomic E-state index is -4.52. The van der Waals surface area contributed by atoms with E-state index in [4.69, 9.17) is 0 Å². The molecule has 182 valence electrons. The van der Waals surface area contributed by atoms with E-state index in [-0.39, 0.29) is 22.9 Å². The summed E-state index contributed by atoms with van der Waals surface area (Å²) in [6.45, 7) is 3.03. The number of carbonyl (C=O) groups is 1. The van der Waals surface area contributed by atoms with Crippen LogP contribution in [0.5, 0.6) is 0 Å². The van der Waals surface area contributed by atoms with Crippen LogP contribution < -0.4 is 0 Å². The Bertz CT molecular complexity index is 1110. The van der Waals surface area contributed by atoms with Gasteiger partial charge in [0.05, 0.1) is 6.04 Å². The number of amides is 2. The summed E-state index contributed by atoms with van der Waals surface area (Å²) in [7, 11) is 0. The Hall–Kier alpha value is -2.66. The first-order valence-electron chi connectivity index (χ1n) is 12.1. The van der Waals surface area contributed by atoms with Gasteiger partial charge in [-0.1, -0.05) is 0 Å². The molecular weight excluding hydrogens is 449 g/mol. The first kappa shape index (κ1) is 20.7. The van der Waals surface area contributed by atoms with Gasteiger partial charge in [0, 0.05) is 49.3 Å². The van der Waals surface area contributed by atoms with Crippen LogP contribution in [-0.4, -0.2) is 72.0 Å². The average molecular weight is 477 g/mol. The number of nitrogens with zero attached hydrogens (tertiary/aromatic N) is 7. The normalized spacial score (nSPS) is 25.7. The van der Waals surface area contributed by atoms with Crippen LogP contribution in [0.3, 0.4) is 0 Å². The van der Waals surface area contributed by atoms with Gasteiger partial charge >= 0.3 is 12.2 Å². The number of likely N-dealkylation sites (tertiary alicyclic amines) is 2. The molecule has 0 aromatic carbocycles. The van der Waals surface area contributed by atoms with E-state index >= 15 is 0 Å². The molecule has 34 heavy (non-hydrogen) atoms. The quantitative estimate of drug-likeness (QED) is 0.732. The van der Waals surface area contributed by atoms with E-state index in [0.29, 0.717) is 24.9 Å². The molecule has 2 aliphatic heterocycles. The van der Waals surface area contributed by atoms with Crippen molar-refractivity contribution in [3.63, 3.8) is 0 Å². The third kappa shape index (κ3) is 3.31. The largest absolute Gasteiger partial charge is 0.453 e. The summed E-state index contributed by atoms with van der Waals surface area (Å²) in [5, 5.41) is 11.0. The topological polar surface area (TPSA) is 95.8 Å². The highest BCUT2D eigenvalue weighted by Crippen LogP contribution is 2.56. The van der Waals surface area contributed by atoms with E-state index in [0.717, 1.165) is 56.8 Å². The zero-order valence-corrected chi connectivity index (χ0v) is 18.8. The Morgan fingerprint density at radius 2 is 1.71 bits per heavy atom. The summed E-state index contributed by atoms with van der Waals surface area (Å²) in [5.41, 5.74) is 0.318. The average Bonchev–Trinajstić information content (AvgIpc) is 3.19. The Morgan fingerprint density at radius 1 is 1.06 bits per heavy atom. The molecule has 9 nitrogen and oxygen atoms in total. The number of aromatic nitrogens is 6. The Labute approximate surface area is 194 Å². The van der Waals surface area contributed by atoms with Crippen LogP contribution >= 0.6 is 0 Å². The van der Waals surface area contributed by atoms with Crippen LogP contribution in [0.1, 0.15) is 68.0 Å². The lowest BCUT2D eigenvalue weighted by Gasteiger charge is -2.63. The number of halogens is 3. The standard InChI is InChI=1S/C22H27F3N8O/c23-22(24,25)18-26-12-33(30-18)15-6-21(7-15)10-32(11-21)19(34)31-8-20(9-31)4-13(5-20)3-16-27-17(29-28-16)14-1-2-14/h12-15H,1-11H2,(H,27,28,29). The fraction of sp³-hybridized carbons (Fsp3) is 0.773. The highest BCUT2D eigenvalue weighted by Gasteiger charge is 2.58. The number of hydrogen-bond acceptors (Lipinski definition) is 5. The fourth-order valence-electron chi connectivity index (χ4n) is 6.73. The number of aromatic amines is 1. The maximum absolute atomic E-state index is 12.8. The summed E-state index contributed by atoms with van der Waals surface area (Å²) in [4.78, 5) is 24.7. The summed E-state index contributed by atoms with van der Waals surface area (Å²) in [6.07, 6.45) is 3.77. The Balaban J connectivity index is 0.846. The number of carbonyl (C=O) groups excluding carboxylic acids is 1. The van der Waals surface area contributed by atoms with Crippen molar-refractivity contribution in [2.45, 2.75) is 63.1 Å². The number of nitrogens with one attached hydrogen (secondary N) is 1.